The van der Waals surface area contributed by atoms with Gasteiger partial charge in [0.1, 0.15) is 0 Å². The van der Waals surface area contributed by atoms with E-state index in [0.29, 0.717) is 0 Å². The minimum absolute atomic E-state index is 0.139. The van der Waals surface area contributed by atoms with Gasteiger partial charge in [0.15, 0.2) is 0 Å². The molecule has 1 rings (SSSR count). The van der Waals surface area contributed by atoms with Crippen molar-refractivity contribution in [1.82, 2.24) is 4.90 Å². The van der Waals surface area contributed by atoms with Crippen LogP contribution in [0.5, 0.6) is 0 Å². The standard InChI is InChI=1S/C5H11NO2S/c1-5(2)3-6(5)4-9(7)8/h3-4H2,1-2H3,(H,7,8)/p-1. The van der Waals surface area contributed by atoms with Crippen LogP contribution in [0.4, 0.5) is 0 Å². The maximum absolute atomic E-state index is 10.1. The summed E-state index contributed by atoms with van der Waals surface area (Å²) in [6, 6.07) is 0. The van der Waals surface area contributed by atoms with E-state index in [1.54, 1.807) is 0 Å². The number of nitrogens with zero attached hydrogens (tertiary/aromatic N) is 1. The fraction of sp³-hybridized carbons (Fsp3) is 1.00. The van der Waals surface area contributed by atoms with Gasteiger partial charge in [-0.1, -0.05) is 0 Å². The highest BCUT2D eigenvalue weighted by atomic mass is 32.2. The average molecular weight is 148 g/mol. The fourth-order valence-electron chi connectivity index (χ4n) is 0.779. The third-order valence-electron chi connectivity index (χ3n) is 1.59. The minimum atomic E-state index is -1.90. The van der Waals surface area contributed by atoms with Crippen LogP contribution in [-0.4, -0.2) is 31.6 Å². The molecule has 0 spiro atoms. The van der Waals surface area contributed by atoms with Crippen LogP contribution >= 0.6 is 0 Å². The molecule has 0 radical (unpaired) electrons. The first kappa shape index (κ1) is 7.18. The molecule has 0 aliphatic carbocycles. The summed E-state index contributed by atoms with van der Waals surface area (Å²) in [6.07, 6.45) is 0. The fourth-order valence-corrected chi connectivity index (χ4v) is 1.47. The Morgan fingerprint density at radius 3 is 2.33 bits per heavy atom. The number of hydrogen-bond donors (Lipinski definition) is 0. The van der Waals surface area contributed by atoms with Crippen LogP contribution in [0, 0.1) is 0 Å². The second-order valence-corrected chi connectivity index (χ2v) is 3.81. The topological polar surface area (TPSA) is 43.1 Å². The Hall–Kier alpha value is 0.0700. The molecule has 3 nitrogen and oxygen atoms in total. The third-order valence-corrected chi connectivity index (χ3v) is 2.11. The van der Waals surface area contributed by atoms with Gasteiger partial charge in [-0.3, -0.25) is 9.11 Å². The van der Waals surface area contributed by atoms with Crippen LogP contribution in [0.3, 0.4) is 0 Å². The van der Waals surface area contributed by atoms with Crippen LogP contribution in [-0.2, 0) is 11.1 Å². The van der Waals surface area contributed by atoms with E-state index in [2.05, 4.69) is 0 Å². The predicted molar refractivity (Wildman–Crippen MR) is 34.6 cm³/mol. The van der Waals surface area contributed by atoms with Crippen molar-refractivity contribution in [2.24, 2.45) is 0 Å². The van der Waals surface area contributed by atoms with Crippen molar-refractivity contribution in [1.29, 1.82) is 0 Å². The molecular weight excluding hydrogens is 138 g/mol. The van der Waals surface area contributed by atoms with Crippen LogP contribution in [0.15, 0.2) is 0 Å². The van der Waals surface area contributed by atoms with E-state index in [1.807, 2.05) is 18.7 Å². The van der Waals surface area contributed by atoms with E-state index in [0.717, 1.165) is 6.54 Å². The first-order valence-corrected chi connectivity index (χ1v) is 4.08. The van der Waals surface area contributed by atoms with Gasteiger partial charge in [0.05, 0.1) is 5.88 Å². The lowest BCUT2D eigenvalue weighted by atomic mass is 10.2. The normalized spacial score (nSPS) is 33.9. The lowest BCUT2D eigenvalue weighted by molar-refractivity contribution is 0.469. The van der Waals surface area contributed by atoms with Gasteiger partial charge in [-0.2, -0.15) is 0 Å². The summed E-state index contributed by atoms with van der Waals surface area (Å²) in [4.78, 5) is 1.90. The van der Waals surface area contributed by atoms with Gasteiger partial charge < -0.3 is 4.55 Å². The van der Waals surface area contributed by atoms with Crippen LogP contribution in [0.2, 0.25) is 0 Å². The Labute approximate surface area is 57.3 Å². The van der Waals surface area contributed by atoms with E-state index in [9.17, 15) is 8.76 Å². The molecule has 2 unspecified atom stereocenters. The highest BCUT2D eigenvalue weighted by molar-refractivity contribution is 7.79. The van der Waals surface area contributed by atoms with Crippen molar-refractivity contribution in [2.75, 3.05) is 12.4 Å². The van der Waals surface area contributed by atoms with Crippen molar-refractivity contribution in [3.05, 3.63) is 0 Å². The van der Waals surface area contributed by atoms with Crippen molar-refractivity contribution in [3.63, 3.8) is 0 Å². The zero-order valence-electron chi connectivity index (χ0n) is 5.59. The summed E-state index contributed by atoms with van der Waals surface area (Å²) in [6.45, 7) is 4.96. The Balaban J connectivity index is 2.28. The van der Waals surface area contributed by atoms with Crippen LogP contribution in [0.25, 0.3) is 0 Å². The number of hydrogen-bond acceptors (Lipinski definition) is 3. The van der Waals surface area contributed by atoms with Crippen molar-refractivity contribution in [2.45, 2.75) is 19.4 Å². The Kier molecular flexibility index (Phi) is 1.63. The van der Waals surface area contributed by atoms with Gasteiger partial charge in [0.25, 0.3) is 0 Å². The summed E-state index contributed by atoms with van der Waals surface area (Å²) in [5.41, 5.74) is 0.139. The largest absolute Gasteiger partial charge is 0.771 e. The third kappa shape index (κ3) is 1.74. The molecule has 1 aliphatic heterocycles. The molecule has 2 atom stereocenters. The van der Waals surface area contributed by atoms with Crippen molar-refractivity contribution >= 4 is 11.1 Å². The maximum atomic E-state index is 10.1. The van der Waals surface area contributed by atoms with Gasteiger partial charge in [-0.15, -0.1) is 0 Å². The highest BCUT2D eigenvalue weighted by Crippen LogP contribution is 2.29. The summed E-state index contributed by atoms with van der Waals surface area (Å²) in [5, 5.41) is 0. The van der Waals surface area contributed by atoms with Gasteiger partial charge in [0.2, 0.25) is 0 Å². The highest BCUT2D eigenvalue weighted by Gasteiger charge is 2.42. The van der Waals surface area contributed by atoms with Crippen LogP contribution in [0.1, 0.15) is 13.8 Å². The molecule has 1 aliphatic rings. The smallest absolute Gasteiger partial charge is 0.0619 e. The molecule has 54 valence electrons. The molecule has 1 saturated heterocycles. The van der Waals surface area contributed by atoms with E-state index in [-0.39, 0.29) is 11.4 Å². The van der Waals surface area contributed by atoms with E-state index >= 15 is 0 Å². The van der Waals surface area contributed by atoms with Crippen molar-refractivity contribution in [3.8, 4) is 0 Å². The van der Waals surface area contributed by atoms with E-state index < -0.39 is 11.1 Å². The summed E-state index contributed by atoms with van der Waals surface area (Å²) in [7, 11) is 0. The van der Waals surface area contributed by atoms with E-state index in [1.165, 1.54) is 0 Å². The van der Waals surface area contributed by atoms with Gasteiger partial charge in [-0.05, 0) is 24.9 Å². The quantitative estimate of drug-likeness (QED) is 0.406. The van der Waals surface area contributed by atoms with Gasteiger partial charge in [-0.25, -0.2) is 0 Å². The molecule has 0 aromatic carbocycles. The molecule has 0 saturated carbocycles. The second-order valence-electron chi connectivity index (χ2n) is 2.94. The zero-order valence-corrected chi connectivity index (χ0v) is 6.40. The second kappa shape index (κ2) is 2.04. The van der Waals surface area contributed by atoms with Crippen LogP contribution < -0.4 is 0 Å². The molecule has 0 aromatic heterocycles. The summed E-state index contributed by atoms with van der Waals surface area (Å²) >= 11 is -1.90. The molecule has 0 amide bonds. The van der Waals surface area contributed by atoms with Gasteiger partial charge in [0, 0.05) is 12.1 Å². The molecule has 9 heavy (non-hydrogen) atoms. The first-order chi connectivity index (χ1) is 4.02. The molecular formula is C5H10NO2S-. The maximum Gasteiger partial charge on any atom is 0.0619 e. The summed E-state index contributed by atoms with van der Waals surface area (Å²) < 4.78 is 20.2. The Morgan fingerprint density at radius 2 is 2.22 bits per heavy atom. The monoisotopic (exact) mass is 148 g/mol. The Morgan fingerprint density at radius 1 is 1.78 bits per heavy atom. The lowest BCUT2D eigenvalue weighted by Crippen LogP contribution is -2.13. The van der Waals surface area contributed by atoms with E-state index in [4.69, 9.17) is 0 Å². The number of rotatable bonds is 2. The molecule has 1 fully saturated rings. The molecule has 0 N–H and O–H groups in total. The zero-order chi connectivity index (χ0) is 7.07. The predicted octanol–water partition coefficient (Wildman–Crippen LogP) is -0.0828. The Bertz CT molecular complexity index is 146. The van der Waals surface area contributed by atoms with Crippen molar-refractivity contribution < 1.29 is 8.76 Å². The molecule has 4 heteroatoms. The summed E-state index contributed by atoms with van der Waals surface area (Å²) in [5.74, 6) is 0.188. The lowest BCUT2D eigenvalue weighted by Gasteiger charge is -2.07. The minimum Gasteiger partial charge on any atom is -0.771 e. The van der Waals surface area contributed by atoms with Gasteiger partial charge >= 0.3 is 0 Å². The SMILES string of the molecule is CC1(C)CN1CS(=O)[O-]. The molecule has 0 bridgehead atoms. The molecule has 0 aromatic rings. The average Bonchev–Trinajstić information content (AvgIpc) is 2.10. The molecule has 1 heterocycles. The first-order valence-electron chi connectivity index (χ1n) is 2.83.